The van der Waals surface area contributed by atoms with Crippen LogP contribution in [0.25, 0.3) is 17.2 Å². The molecule has 3 aromatic rings. The van der Waals surface area contributed by atoms with Gasteiger partial charge in [-0.25, -0.2) is 9.50 Å². The van der Waals surface area contributed by atoms with Crippen LogP contribution in [0.2, 0.25) is 0 Å². The van der Waals surface area contributed by atoms with Gasteiger partial charge in [-0.2, -0.15) is 18.3 Å². The van der Waals surface area contributed by atoms with E-state index in [9.17, 15) is 13.2 Å². The molecular formula is C13H10F3N5O. The van der Waals surface area contributed by atoms with Crippen molar-refractivity contribution in [3.05, 3.63) is 29.4 Å². The topological polar surface area (TPSA) is 69.1 Å². The van der Waals surface area contributed by atoms with Gasteiger partial charge in [-0.1, -0.05) is 0 Å². The quantitative estimate of drug-likeness (QED) is 0.728. The van der Waals surface area contributed by atoms with E-state index in [1.807, 2.05) is 0 Å². The number of halogens is 3. The normalized spacial score (nSPS) is 15.6. The van der Waals surface area contributed by atoms with E-state index < -0.39 is 11.9 Å². The molecule has 4 rings (SSSR count). The van der Waals surface area contributed by atoms with Gasteiger partial charge >= 0.3 is 6.18 Å². The first kappa shape index (κ1) is 13.2. The average molecular weight is 309 g/mol. The lowest BCUT2D eigenvalue weighted by Gasteiger charge is -2.10. The maximum atomic E-state index is 13.3. The van der Waals surface area contributed by atoms with Gasteiger partial charge in [0.25, 0.3) is 5.89 Å². The largest absolute Gasteiger partial charge is 0.433 e. The highest BCUT2D eigenvalue weighted by Gasteiger charge is 2.37. The zero-order chi connectivity index (χ0) is 15.5. The van der Waals surface area contributed by atoms with Gasteiger partial charge < -0.3 is 4.42 Å². The van der Waals surface area contributed by atoms with Crippen molar-refractivity contribution < 1.29 is 17.6 Å². The summed E-state index contributed by atoms with van der Waals surface area (Å²) in [6.45, 7) is 1.59. The molecule has 6 nitrogen and oxygen atoms in total. The van der Waals surface area contributed by atoms with E-state index >= 15 is 0 Å². The highest BCUT2D eigenvalue weighted by molar-refractivity contribution is 5.56. The predicted octanol–water partition coefficient (Wildman–Crippen LogP) is 2.98. The van der Waals surface area contributed by atoms with Crippen molar-refractivity contribution in [2.24, 2.45) is 0 Å². The summed E-state index contributed by atoms with van der Waals surface area (Å²) in [7, 11) is 0. The van der Waals surface area contributed by atoms with Crippen LogP contribution >= 0.6 is 0 Å². The first-order valence-electron chi connectivity index (χ1n) is 6.70. The van der Waals surface area contributed by atoms with Crippen molar-refractivity contribution in [1.82, 2.24) is 24.8 Å². The Balaban J connectivity index is 1.93. The Morgan fingerprint density at radius 1 is 1.23 bits per heavy atom. The molecule has 1 aliphatic rings. The molecule has 0 aliphatic heterocycles. The van der Waals surface area contributed by atoms with Crippen LogP contribution in [0.15, 0.2) is 16.5 Å². The molecule has 1 saturated carbocycles. The van der Waals surface area contributed by atoms with Gasteiger partial charge in [0.1, 0.15) is 5.69 Å². The van der Waals surface area contributed by atoms with E-state index in [2.05, 4.69) is 20.3 Å². The number of alkyl halides is 3. The summed E-state index contributed by atoms with van der Waals surface area (Å²) < 4.78 is 45.8. The lowest BCUT2D eigenvalue weighted by atomic mass is 10.2. The molecule has 0 saturated heterocycles. The summed E-state index contributed by atoms with van der Waals surface area (Å²) in [4.78, 5) is 4.27. The van der Waals surface area contributed by atoms with Crippen molar-refractivity contribution in [3.63, 3.8) is 0 Å². The third-order valence-electron chi connectivity index (χ3n) is 3.48. The molecule has 3 aromatic heterocycles. The van der Waals surface area contributed by atoms with Crippen LogP contribution in [0.1, 0.15) is 36.0 Å². The number of nitrogens with zero attached hydrogens (tertiary/aromatic N) is 5. The maximum Gasteiger partial charge on any atom is 0.433 e. The van der Waals surface area contributed by atoms with E-state index in [0.717, 1.165) is 23.4 Å². The number of fused-ring (bicyclic) bond motifs is 1. The average Bonchev–Trinajstić information content (AvgIpc) is 3.06. The molecule has 1 fully saturated rings. The summed E-state index contributed by atoms with van der Waals surface area (Å²) in [5.74, 6) is 0.494. The fraction of sp³-hybridized carbons (Fsp3) is 0.385. The fourth-order valence-electron chi connectivity index (χ4n) is 2.29. The zero-order valence-corrected chi connectivity index (χ0v) is 11.4. The molecular weight excluding hydrogens is 299 g/mol. The lowest BCUT2D eigenvalue weighted by Crippen LogP contribution is -2.14. The lowest BCUT2D eigenvalue weighted by molar-refractivity contribution is -0.142. The van der Waals surface area contributed by atoms with Gasteiger partial charge in [0.05, 0.1) is 0 Å². The monoisotopic (exact) mass is 309 g/mol. The van der Waals surface area contributed by atoms with E-state index in [-0.39, 0.29) is 23.1 Å². The second-order valence-electron chi connectivity index (χ2n) is 5.26. The second kappa shape index (κ2) is 4.28. The van der Waals surface area contributed by atoms with Gasteiger partial charge in [-0.05, 0) is 18.9 Å². The van der Waals surface area contributed by atoms with Crippen LogP contribution in [0.4, 0.5) is 13.2 Å². The first-order valence-corrected chi connectivity index (χ1v) is 6.70. The van der Waals surface area contributed by atoms with Crippen LogP contribution in [0.5, 0.6) is 0 Å². The Labute approximate surface area is 122 Å². The summed E-state index contributed by atoms with van der Waals surface area (Å²) in [6.07, 6.45) is -2.78. The minimum absolute atomic E-state index is 0.0732. The molecule has 114 valence electrons. The first-order chi connectivity index (χ1) is 10.4. The van der Waals surface area contributed by atoms with Gasteiger partial charge in [0.2, 0.25) is 5.89 Å². The number of hydrogen-bond acceptors (Lipinski definition) is 5. The van der Waals surface area contributed by atoms with Crippen LogP contribution in [-0.4, -0.2) is 24.8 Å². The summed E-state index contributed by atoms with van der Waals surface area (Å²) in [5, 5.41) is 11.3. The Kier molecular flexibility index (Phi) is 2.57. The molecule has 0 N–H and O–H groups in total. The number of aryl methyl sites for hydroxylation is 1. The molecule has 0 amide bonds. The highest BCUT2D eigenvalue weighted by atomic mass is 19.4. The van der Waals surface area contributed by atoms with Crippen LogP contribution < -0.4 is 0 Å². The van der Waals surface area contributed by atoms with Crippen LogP contribution in [-0.2, 0) is 6.18 Å². The molecule has 3 heterocycles. The van der Waals surface area contributed by atoms with Gasteiger partial charge in [-0.3, -0.25) is 0 Å². The van der Waals surface area contributed by atoms with Crippen molar-refractivity contribution >= 4 is 5.65 Å². The molecule has 0 atom stereocenters. The predicted molar refractivity (Wildman–Crippen MR) is 68.0 cm³/mol. The van der Waals surface area contributed by atoms with Crippen LogP contribution in [0, 0.1) is 6.92 Å². The minimum Gasteiger partial charge on any atom is -0.420 e. The van der Waals surface area contributed by atoms with Gasteiger partial charge in [0, 0.05) is 24.6 Å². The van der Waals surface area contributed by atoms with Crippen molar-refractivity contribution in [2.45, 2.75) is 31.9 Å². The summed E-state index contributed by atoms with van der Waals surface area (Å²) >= 11 is 0. The molecule has 0 unspecified atom stereocenters. The number of hydrogen-bond donors (Lipinski definition) is 0. The van der Waals surface area contributed by atoms with E-state index in [0.29, 0.717) is 11.6 Å². The number of rotatable bonds is 2. The maximum absolute atomic E-state index is 13.3. The Morgan fingerprint density at radius 3 is 2.59 bits per heavy atom. The Morgan fingerprint density at radius 2 is 2.00 bits per heavy atom. The summed E-state index contributed by atoms with van der Waals surface area (Å²) in [5.41, 5.74) is -0.0935. The minimum atomic E-state index is -4.52. The standard InChI is InChI=1S/C13H10F3N5O/c1-6-18-19-12(22-6)9-5-11-17-8(7-2-3-7)4-10(13(14,15)16)21(11)20-9/h4-5,7H,2-3H2,1H3. The fourth-order valence-corrected chi connectivity index (χ4v) is 2.29. The third-order valence-corrected chi connectivity index (χ3v) is 3.48. The van der Waals surface area contributed by atoms with E-state index in [4.69, 9.17) is 4.42 Å². The Bertz CT molecular complexity index is 862. The van der Waals surface area contributed by atoms with Gasteiger partial charge in [-0.15, -0.1) is 10.2 Å². The second-order valence-corrected chi connectivity index (χ2v) is 5.26. The van der Waals surface area contributed by atoms with Crippen molar-refractivity contribution in [2.75, 3.05) is 0 Å². The SMILES string of the molecule is Cc1nnc(-c2cc3nc(C4CC4)cc(C(F)(F)F)n3n2)o1. The Hall–Kier alpha value is -2.45. The molecule has 1 aliphatic carbocycles. The van der Waals surface area contributed by atoms with E-state index in [1.165, 1.54) is 6.07 Å². The van der Waals surface area contributed by atoms with Crippen molar-refractivity contribution in [3.8, 4) is 11.6 Å². The summed E-state index contributed by atoms with van der Waals surface area (Å²) in [6, 6.07) is 2.49. The van der Waals surface area contributed by atoms with Crippen molar-refractivity contribution in [1.29, 1.82) is 0 Å². The van der Waals surface area contributed by atoms with E-state index in [1.54, 1.807) is 6.92 Å². The molecule has 22 heavy (non-hydrogen) atoms. The molecule has 0 aromatic carbocycles. The number of aromatic nitrogens is 5. The third kappa shape index (κ3) is 2.13. The van der Waals surface area contributed by atoms with Crippen LogP contribution in [0.3, 0.4) is 0 Å². The molecule has 0 bridgehead atoms. The molecule has 9 heteroatoms. The molecule has 0 spiro atoms. The smallest absolute Gasteiger partial charge is 0.420 e. The van der Waals surface area contributed by atoms with Gasteiger partial charge in [0.15, 0.2) is 11.3 Å². The molecule has 0 radical (unpaired) electrons. The zero-order valence-electron chi connectivity index (χ0n) is 11.4. The highest BCUT2D eigenvalue weighted by Crippen LogP contribution is 2.41.